The number of rotatable bonds is 7. The van der Waals surface area contributed by atoms with Gasteiger partial charge in [0.25, 0.3) is 5.91 Å². The van der Waals surface area contributed by atoms with E-state index in [1.165, 1.54) is 17.4 Å². The van der Waals surface area contributed by atoms with Gasteiger partial charge in [0.15, 0.2) is 24.1 Å². The molecule has 2 aromatic carbocycles. The fourth-order valence-electron chi connectivity index (χ4n) is 2.98. The summed E-state index contributed by atoms with van der Waals surface area (Å²) in [6, 6.07) is 14.8. The van der Waals surface area contributed by atoms with E-state index in [-0.39, 0.29) is 0 Å². The van der Waals surface area contributed by atoms with Gasteiger partial charge in [0.1, 0.15) is 5.69 Å². The number of aromatic nitrogens is 2. The molecular weight excluding hydrogens is 467 g/mol. The molecule has 4 rings (SSSR count). The van der Waals surface area contributed by atoms with Crippen LogP contribution in [-0.2, 0) is 14.3 Å². The van der Waals surface area contributed by atoms with Gasteiger partial charge in [-0.15, -0.1) is 11.3 Å². The fourth-order valence-corrected chi connectivity index (χ4v) is 3.71. The fraction of sp³-hybridized carbons (Fsp3) is 0.0417. The minimum Gasteiger partial charge on any atom is -0.452 e. The molecule has 2 heterocycles. The molecule has 0 spiro atoms. The first-order valence-electron chi connectivity index (χ1n) is 9.89. The highest BCUT2D eigenvalue weighted by Crippen LogP contribution is 2.28. The molecule has 10 heteroatoms. The van der Waals surface area contributed by atoms with Crippen LogP contribution in [-0.4, -0.2) is 28.3 Å². The molecule has 0 saturated carbocycles. The molecule has 34 heavy (non-hydrogen) atoms. The second kappa shape index (κ2) is 10.2. The second-order valence-corrected chi connectivity index (χ2v) is 7.85. The van der Waals surface area contributed by atoms with Gasteiger partial charge in [-0.25, -0.2) is 22.6 Å². The molecule has 1 amide bonds. The third kappa shape index (κ3) is 5.24. The van der Waals surface area contributed by atoms with Crippen LogP contribution in [0.15, 0.2) is 72.3 Å². The highest BCUT2D eigenvalue weighted by molar-refractivity contribution is 7.13. The van der Waals surface area contributed by atoms with Gasteiger partial charge in [0.05, 0.1) is 16.3 Å². The number of carbonyl (C=O) groups is 2. The number of carbonyl (C=O) groups excluding carboxylic acids is 2. The first-order valence-corrected chi connectivity index (χ1v) is 10.8. The number of thiophene rings is 1. The maximum Gasteiger partial charge on any atom is 0.331 e. The first kappa shape index (κ1) is 23.0. The van der Waals surface area contributed by atoms with Crippen molar-refractivity contribution in [3.63, 3.8) is 0 Å². The van der Waals surface area contributed by atoms with Gasteiger partial charge in [-0.3, -0.25) is 4.79 Å². The molecule has 0 saturated heterocycles. The lowest BCUT2D eigenvalue weighted by molar-refractivity contribution is -0.142. The molecule has 1 N–H and O–H groups in total. The number of hydrogen-bond donors (Lipinski definition) is 1. The van der Waals surface area contributed by atoms with Crippen molar-refractivity contribution in [3.8, 4) is 16.3 Å². The number of hydrogen-bond acceptors (Lipinski definition) is 5. The van der Waals surface area contributed by atoms with Crippen LogP contribution in [0.3, 0.4) is 0 Å². The van der Waals surface area contributed by atoms with E-state index in [0.717, 1.165) is 22.7 Å². The SMILES string of the molecule is O=C(COC(=O)C=Cc1cn(-c2ccccc2)nc1-c1cccs1)Nc1ccc(F)c(F)c1F. The van der Waals surface area contributed by atoms with Gasteiger partial charge in [0, 0.05) is 17.8 Å². The summed E-state index contributed by atoms with van der Waals surface area (Å²) in [5.41, 5.74) is 1.58. The number of esters is 1. The molecule has 172 valence electrons. The van der Waals surface area contributed by atoms with E-state index in [9.17, 15) is 22.8 Å². The Balaban J connectivity index is 1.43. The molecule has 0 fully saturated rings. The Labute approximate surface area is 195 Å². The summed E-state index contributed by atoms with van der Waals surface area (Å²) in [6.45, 7) is -0.747. The van der Waals surface area contributed by atoms with Crippen molar-refractivity contribution in [1.82, 2.24) is 9.78 Å². The summed E-state index contributed by atoms with van der Waals surface area (Å²) < 4.78 is 46.4. The van der Waals surface area contributed by atoms with Crippen LogP contribution >= 0.6 is 11.3 Å². The van der Waals surface area contributed by atoms with Gasteiger partial charge >= 0.3 is 5.97 Å². The van der Waals surface area contributed by atoms with Crippen LogP contribution in [0, 0.1) is 17.5 Å². The van der Waals surface area contributed by atoms with Crippen molar-refractivity contribution in [3.05, 3.63) is 95.3 Å². The zero-order valence-corrected chi connectivity index (χ0v) is 18.2. The summed E-state index contributed by atoms with van der Waals surface area (Å²) >= 11 is 1.49. The highest BCUT2D eigenvalue weighted by atomic mass is 32.1. The van der Waals surface area contributed by atoms with Gasteiger partial charge in [0.2, 0.25) is 0 Å². The molecule has 0 atom stereocenters. The lowest BCUT2D eigenvalue weighted by Crippen LogP contribution is -2.21. The third-order valence-electron chi connectivity index (χ3n) is 4.57. The van der Waals surface area contributed by atoms with Crippen molar-refractivity contribution in [2.24, 2.45) is 0 Å². The van der Waals surface area contributed by atoms with E-state index in [0.29, 0.717) is 17.3 Å². The van der Waals surface area contributed by atoms with Crippen molar-refractivity contribution in [2.45, 2.75) is 0 Å². The Morgan fingerprint density at radius 3 is 2.56 bits per heavy atom. The molecule has 0 radical (unpaired) electrons. The van der Waals surface area contributed by atoms with Gasteiger partial charge in [-0.05, 0) is 41.8 Å². The van der Waals surface area contributed by atoms with E-state index in [1.54, 1.807) is 10.9 Å². The minimum absolute atomic E-state index is 0.565. The predicted octanol–water partition coefficient (Wildman–Crippen LogP) is 5.21. The quantitative estimate of drug-likeness (QED) is 0.222. The summed E-state index contributed by atoms with van der Waals surface area (Å²) in [5.74, 6) is -6.38. The number of amides is 1. The summed E-state index contributed by atoms with van der Waals surface area (Å²) in [6.07, 6.45) is 4.40. The minimum atomic E-state index is -1.71. The number of para-hydroxylation sites is 1. The van der Waals surface area contributed by atoms with Crippen LogP contribution in [0.4, 0.5) is 18.9 Å². The summed E-state index contributed by atoms with van der Waals surface area (Å²) in [5, 5.41) is 8.54. The number of halogens is 3. The zero-order chi connectivity index (χ0) is 24.1. The van der Waals surface area contributed by atoms with E-state index in [1.807, 2.05) is 53.2 Å². The molecule has 6 nitrogen and oxygen atoms in total. The molecular formula is C24H16F3N3O3S. The average Bonchev–Trinajstić information content (AvgIpc) is 3.52. The smallest absolute Gasteiger partial charge is 0.331 e. The third-order valence-corrected chi connectivity index (χ3v) is 5.45. The van der Waals surface area contributed by atoms with Crippen LogP contribution < -0.4 is 5.32 Å². The van der Waals surface area contributed by atoms with Crippen molar-refractivity contribution in [1.29, 1.82) is 0 Å². The summed E-state index contributed by atoms with van der Waals surface area (Å²) in [4.78, 5) is 24.9. The topological polar surface area (TPSA) is 73.2 Å². The molecule has 0 aliphatic heterocycles. The van der Waals surface area contributed by atoms with E-state index in [2.05, 4.69) is 5.10 Å². The van der Waals surface area contributed by atoms with Crippen molar-refractivity contribution in [2.75, 3.05) is 11.9 Å². The number of benzene rings is 2. The highest BCUT2D eigenvalue weighted by Gasteiger charge is 2.16. The normalized spacial score (nSPS) is 11.0. The standard InChI is InChI=1S/C24H16F3N3O3S/c25-17-9-10-18(23(27)22(17)26)28-20(31)14-33-21(32)11-8-15-13-30(16-5-2-1-3-6-16)29-24(15)19-7-4-12-34-19/h1-13H,14H2,(H,28,31). The Morgan fingerprint density at radius 1 is 1.03 bits per heavy atom. The van der Waals surface area contributed by atoms with Gasteiger partial charge < -0.3 is 10.1 Å². The molecule has 0 aliphatic rings. The zero-order valence-electron chi connectivity index (χ0n) is 17.4. The maximum atomic E-state index is 13.7. The van der Waals surface area contributed by atoms with Gasteiger partial charge in [-0.2, -0.15) is 5.10 Å². The van der Waals surface area contributed by atoms with Crippen LogP contribution in [0.5, 0.6) is 0 Å². The van der Waals surface area contributed by atoms with Crippen LogP contribution in [0.1, 0.15) is 5.56 Å². The average molecular weight is 483 g/mol. The van der Waals surface area contributed by atoms with E-state index >= 15 is 0 Å². The predicted molar refractivity (Wildman–Crippen MR) is 122 cm³/mol. The number of nitrogens with zero attached hydrogens (tertiary/aromatic N) is 2. The van der Waals surface area contributed by atoms with Gasteiger partial charge in [-0.1, -0.05) is 24.3 Å². The molecule has 2 aromatic heterocycles. The number of ether oxygens (including phenoxy) is 1. The monoisotopic (exact) mass is 483 g/mol. The Kier molecular flexibility index (Phi) is 6.88. The molecule has 0 unspecified atom stereocenters. The lowest BCUT2D eigenvalue weighted by Gasteiger charge is -2.07. The second-order valence-electron chi connectivity index (χ2n) is 6.90. The maximum absolute atomic E-state index is 13.7. The Morgan fingerprint density at radius 2 is 1.82 bits per heavy atom. The largest absolute Gasteiger partial charge is 0.452 e. The van der Waals surface area contributed by atoms with Crippen LogP contribution in [0.2, 0.25) is 0 Å². The van der Waals surface area contributed by atoms with E-state index < -0.39 is 41.6 Å². The molecule has 0 aliphatic carbocycles. The Hall–Kier alpha value is -4.18. The first-order chi connectivity index (χ1) is 16.4. The summed E-state index contributed by atoms with van der Waals surface area (Å²) in [7, 11) is 0. The van der Waals surface area contributed by atoms with E-state index in [4.69, 9.17) is 4.74 Å². The van der Waals surface area contributed by atoms with Crippen LogP contribution in [0.25, 0.3) is 22.3 Å². The lowest BCUT2D eigenvalue weighted by atomic mass is 10.2. The van der Waals surface area contributed by atoms with Crippen molar-refractivity contribution < 1.29 is 27.5 Å². The number of anilines is 1. The molecule has 4 aromatic rings. The van der Waals surface area contributed by atoms with Crippen molar-refractivity contribution >= 4 is 35.0 Å². The Bertz CT molecular complexity index is 1350. The number of nitrogens with one attached hydrogen (secondary N) is 1. The molecule has 0 bridgehead atoms.